The van der Waals surface area contributed by atoms with Gasteiger partial charge in [0.2, 0.25) is 0 Å². The molecule has 0 aliphatic rings. The van der Waals surface area contributed by atoms with E-state index < -0.39 is 0 Å². The summed E-state index contributed by atoms with van der Waals surface area (Å²) in [6, 6.07) is 5.61. The van der Waals surface area contributed by atoms with E-state index in [0.29, 0.717) is 10.9 Å². The summed E-state index contributed by atoms with van der Waals surface area (Å²) in [5.41, 5.74) is 1.53. The molecule has 0 aliphatic carbocycles. The molecule has 1 aromatic carbocycles. The summed E-state index contributed by atoms with van der Waals surface area (Å²) in [6.45, 7) is 2.03. The first-order chi connectivity index (χ1) is 6.77. The lowest BCUT2D eigenvalue weighted by molar-refractivity contribution is 0.644. The molecule has 14 heavy (non-hydrogen) atoms. The lowest BCUT2D eigenvalue weighted by atomic mass is 10.1. The van der Waals surface area contributed by atoms with E-state index in [1.54, 1.807) is 6.07 Å². The molecule has 2 rings (SSSR count). The molecule has 0 bridgehead atoms. The van der Waals surface area contributed by atoms with Gasteiger partial charge in [-0.3, -0.25) is 0 Å². The Bertz CT molecular complexity index is 522. The summed E-state index contributed by atoms with van der Waals surface area (Å²) in [5, 5.41) is 10.8. The van der Waals surface area contributed by atoms with Gasteiger partial charge in [-0.15, -0.1) is 11.3 Å². The van der Waals surface area contributed by atoms with Crippen LogP contribution in [-0.2, 0) is 6.42 Å². The fourth-order valence-corrected chi connectivity index (χ4v) is 2.57. The summed E-state index contributed by atoms with van der Waals surface area (Å²) in [5.74, 6) is -0.281. The maximum absolute atomic E-state index is 13.4. The van der Waals surface area contributed by atoms with E-state index in [1.807, 2.05) is 19.1 Å². The molecule has 0 unspecified atom stereocenters. The number of hydrogen-bond acceptors (Lipinski definition) is 2. The van der Waals surface area contributed by atoms with Crippen LogP contribution in [0.4, 0.5) is 4.39 Å². The van der Waals surface area contributed by atoms with Gasteiger partial charge in [-0.1, -0.05) is 13.0 Å². The number of hydrogen-bond donors (Lipinski definition) is 0. The van der Waals surface area contributed by atoms with Gasteiger partial charge in [-0.2, -0.15) is 5.26 Å². The highest BCUT2D eigenvalue weighted by atomic mass is 32.1. The fraction of sp³-hybridized carbons (Fsp3) is 0.182. The molecule has 0 N–H and O–H groups in total. The van der Waals surface area contributed by atoms with Crippen molar-refractivity contribution in [3.05, 3.63) is 34.5 Å². The average Bonchev–Trinajstić information content (AvgIpc) is 2.60. The largest absolute Gasteiger partial charge is 0.205 e. The van der Waals surface area contributed by atoms with Crippen LogP contribution in [0.3, 0.4) is 0 Å². The quantitative estimate of drug-likeness (QED) is 0.699. The van der Waals surface area contributed by atoms with Crippen LogP contribution in [0.2, 0.25) is 0 Å². The monoisotopic (exact) mass is 205 g/mol. The summed E-state index contributed by atoms with van der Waals surface area (Å²) < 4.78 is 14.3. The number of thiophene rings is 1. The Hall–Kier alpha value is -1.40. The first-order valence-electron chi connectivity index (χ1n) is 4.36. The predicted octanol–water partition coefficient (Wildman–Crippen LogP) is 3.47. The van der Waals surface area contributed by atoms with Crippen LogP contribution in [0.15, 0.2) is 17.5 Å². The average molecular weight is 205 g/mol. The topological polar surface area (TPSA) is 23.8 Å². The molecule has 0 fully saturated rings. The lowest BCUT2D eigenvalue weighted by Gasteiger charge is -2.00. The molecule has 0 saturated heterocycles. The third-order valence-electron chi connectivity index (χ3n) is 2.26. The zero-order valence-corrected chi connectivity index (χ0v) is 8.49. The SMILES string of the molecule is CCc1ccc(C#N)c2c(F)csc12. The Labute approximate surface area is 85.4 Å². The first kappa shape index (κ1) is 9.17. The number of nitriles is 1. The number of fused-ring (bicyclic) bond motifs is 1. The second-order valence-electron chi connectivity index (χ2n) is 3.03. The highest BCUT2D eigenvalue weighted by Gasteiger charge is 2.11. The molecule has 0 amide bonds. The highest BCUT2D eigenvalue weighted by molar-refractivity contribution is 7.17. The van der Waals surface area contributed by atoms with Crippen molar-refractivity contribution in [2.75, 3.05) is 0 Å². The summed E-state index contributed by atoms with van der Waals surface area (Å²) in [4.78, 5) is 0. The molecule has 0 spiro atoms. The molecule has 70 valence electrons. The Balaban J connectivity index is 2.89. The van der Waals surface area contributed by atoms with Gasteiger partial charge < -0.3 is 0 Å². The summed E-state index contributed by atoms with van der Waals surface area (Å²) >= 11 is 1.37. The Morgan fingerprint density at radius 2 is 2.29 bits per heavy atom. The third kappa shape index (κ3) is 1.19. The van der Waals surface area contributed by atoms with Crippen molar-refractivity contribution in [1.82, 2.24) is 0 Å². The Morgan fingerprint density at radius 3 is 2.93 bits per heavy atom. The number of halogens is 1. The van der Waals surface area contributed by atoms with Crippen molar-refractivity contribution >= 4 is 21.4 Å². The molecule has 0 saturated carbocycles. The maximum atomic E-state index is 13.4. The molecule has 1 aromatic heterocycles. The van der Waals surface area contributed by atoms with E-state index >= 15 is 0 Å². The van der Waals surface area contributed by atoms with Gasteiger partial charge in [0.25, 0.3) is 0 Å². The summed E-state index contributed by atoms with van der Waals surface area (Å²) in [6.07, 6.45) is 0.863. The van der Waals surface area contributed by atoms with Crippen LogP contribution in [0.25, 0.3) is 10.1 Å². The van der Waals surface area contributed by atoms with Gasteiger partial charge >= 0.3 is 0 Å². The van der Waals surface area contributed by atoms with Gasteiger partial charge in [0.15, 0.2) is 0 Å². The van der Waals surface area contributed by atoms with Crippen molar-refractivity contribution in [2.45, 2.75) is 13.3 Å². The molecule has 0 atom stereocenters. The zero-order valence-electron chi connectivity index (χ0n) is 7.67. The third-order valence-corrected chi connectivity index (χ3v) is 3.29. The Kier molecular flexibility index (Phi) is 2.22. The van der Waals surface area contributed by atoms with Gasteiger partial charge in [0, 0.05) is 15.5 Å². The summed E-state index contributed by atoms with van der Waals surface area (Å²) in [7, 11) is 0. The molecule has 0 radical (unpaired) electrons. The van der Waals surface area contributed by atoms with Gasteiger partial charge in [0.05, 0.1) is 11.6 Å². The number of nitrogens with zero attached hydrogens (tertiary/aromatic N) is 1. The molecular weight excluding hydrogens is 197 g/mol. The van der Waals surface area contributed by atoms with Gasteiger partial charge in [0.1, 0.15) is 5.82 Å². The minimum atomic E-state index is -0.281. The molecular formula is C11H8FNS. The van der Waals surface area contributed by atoms with Crippen molar-refractivity contribution in [2.24, 2.45) is 0 Å². The number of benzene rings is 1. The van der Waals surface area contributed by atoms with Gasteiger partial charge in [-0.25, -0.2) is 4.39 Å². The first-order valence-corrected chi connectivity index (χ1v) is 5.24. The van der Waals surface area contributed by atoms with Crippen LogP contribution in [0.5, 0.6) is 0 Å². The number of rotatable bonds is 1. The molecule has 2 aromatic rings. The molecule has 1 heterocycles. The highest BCUT2D eigenvalue weighted by Crippen LogP contribution is 2.30. The molecule has 1 nitrogen and oxygen atoms in total. The second kappa shape index (κ2) is 3.39. The second-order valence-corrected chi connectivity index (χ2v) is 3.91. The number of aryl methyl sites for hydroxylation is 1. The van der Waals surface area contributed by atoms with Crippen molar-refractivity contribution < 1.29 is 4.39 Å². The minimum Gasteiger partial charge on any atom is -0.205 e. The fourth-order valence-electron chi connectivity index (χ4n) is 1.54. The van der Waals surface area contributed by atoms with Crippen LogP contribution >= 0.6 is 11.3 Å². The van der Waals surface area contributed by atoms with E-state index in [-0.39, 0.29) is 5.82 Å². The lowest BCUT2D eigenvalue weighted by Crippen LogP contribution is -1.84. The van der Waals surface area contributed by atoms with Crippen LogP contribution < -0.4 is 0 Å². The minimum absolute atomic E-state index is 0.281. The van der Waals surface area contributed by atoms with Crippen molar-refractivity contribution in [3.8, 4) is 6.07 Å². The van der Waals surface area contributed by atoms with E-state index in [9.17, 15) is 4.39 Å². The Morgan fingerprint density at radius 1 is 1.50 bits per heavy atom. The van der Waals surface area contributed by atoms with Crippen LogP contribution in [0.1, 0.15) is 18.1 Å². The maximum Gasteiger partial charge on any atom is 0.143 e. The van der Waals surface area contributed by atoms with Crippen molar-refractivity contribution in [1.29, 1.82) is 5.26 Å². The van der Waals surface area contributed by atoms with E-state index in [2.05, 4.69) is 0 Å². The molecule has 3 heteroatoms. The van der Waals surface area contributed by atoms with Crippen molar-refractivity contribution in [3.63, 3.8) is 0 Å². The molecule has 0 aliphatic heterocycles. The zero-order chi connectivity index (χ0) is 10.1. The van der Waals surface area contributed by atoms with E-state index in [4.69, 9.17) is 5.26 Å². The van der Waals surface area contributed by atoms with E-state index in [0.717, 1.165) is 16.7 Å². The smallest absolute Gasteiger partial charge is 0.143 e. The van der Waals surface area contributed by atoms with E-state index in [1.165, 1.54) is 16.7 Å². The van der Waals surface area contributed by atoms with Gasteiger partial charge in [-0.05, 0) is 18.1 Å². The normalized spacial score (nSPS) is 10.4. The predicted molar refractivity (Wildman–Crippen MR) is 55.9 cm³/mol. The van der Waals surface area contributed by atoms with Crippen LogP contribution in [-0.4, -0.2) is 0 Å². The van der Waals surface area contributed by atoms with Crippen LogP contribution in [0, 0.1) is 17.1 Å². The standard InChI is InChI=1S/C11H8FNS/c1-2-7-3-4-8(5-13)10-9(12)6-14-11(7)10/h3-4,6H,2H2,1H3.